The van der Waals surface area contributed by atoms with Crippen LogP contribution in [0.1, 0.15) is 50.2 Å². The first kappa shape index (κ1) is 42.0. The Balaban J connectivity index is 0.000000333. The minimum Gasteiger partial charge on any atom is -0.467 e. The van der Waals surface area contributed by atoms with Crippen LogP contribution < -0.4 is 84.7 Å². The van der Waals surface area contributed by atoms with Crippen LogP contribution >= 0.6 is 23.1 Å². The molecule has 3 aliphatic heterocycles. The number of rotatable bonds is 4. The number of alkyl halides is 4. The van der Waals surface area contributed by atoms with E-state index in [-0.39, 0.29) is 126 Å². The van der Waals surface area contributed by atoms with Crippen molar-refractivity contribution in [2.45, 2.75) is 57.4 Å². The number of hydrogen-bond donors (Lipinski definition) is 2. The van der Waals surface area contributed by atoms with E-state index in [1.807, 2.05) is 0 Å². The average Bonchev–Trinajstić information content (AvgIpc) is 3.84. The van der Waals surface area contributed by atoms with Gasteiger partial charge in [0.2, 0.25) is 0 Å². The van der Waals surface area contributed by atoms with Crippen LogP contribution in [0.2, 0.25) is 0 Å². The predicted octanol–water partition coefficient (Wildman–Crippen LogP) is 5.86. The first-order valence-electron chi connectivity index (χ1n) is 15.2. The van der Waals surface area contributed by atoms with Crippen molar-refractivity contribution in [2.24, 2.45) is 0 Å². The number of thiophene rings is 1. The topological polar surface area (TPSA) is 100 Å². The molecule has 0 radical (unpaired) electrons. The van der Waals surface area contributed by atoms with Crippen LogP contribution in [0.5, 0.6) is 6.01 Å². The van der Waals surface area contributed by atoms with Crippen molar-refractivity contribution < 1.29 is 100.0 Å². The first-order chi connectivity index (χ1) is 22.5. The molecule has 0 spiro atoms. The van der Waals surface area contributed by atoms with Crippen molar-refractivity contribution >= 4 is 54.9 Å². The Bertz CT molecular complexity index is 1780. The number of aromatic nitrogens is 2. The van der Waals surface area contributed by atoms with Gasteiger partial charge in [-0.15, -0.1) is 11.3 Å². The maximum atomic E-state index is 15.9. The standard InChI is InChI=1S/C21H14F5N5OS.C7H12FN.C4H8S.CH3.Cs/c1-3-29-19-9-6-11(21(24,25)26)14(15(23)16(9)30-20(31-19)32-2)8-4-5-12(22)17-13(8)10(7-27)18(28)33-17;8-6-4-7-2-1-3-9(7)5-6;1-2-4-5-3-1;;/h4-6H,3,28H2,1-2H3,(H,29,30,31);6-7H,1-5H2;1-4H2;1H3;/q;;;-1;+1. The van der Waals surface area contributed by atoms with Crippen LogP contribution in [0.4, 0.5) is 37.2 Å². The number of ether oxygens (including phenoxy) is 1. The number of methoxy groups -OCH3 is 1. The van der Waals surface area contributed by atoms with Gasteiger partial charge in [-0.05, 0) is 74.8 Å². The summed E-state index contributed by atoms with van der Waals surface area (Å²) in [6, 6.07) is 4.75. The molecule has 3 saturated heterocycles. The molecule has 0 aliphatic carbocycles. The van der Waals surface area contributed by atoms with Crippen molar-refractivity contribution in [1.82, 2.24) is 14.9 Å². The van der Waals surface area contributed by atoms with E-state index in [4.69, 9.17) is 10.5 Å². The van der Waals surface area contributed by atoms with Crippen LogP contribution in [0.25, 0.3) is 32.1 Å². The third kappa shape index (κ3) is 9.33. The van der Waals surface area contributed by atoms with Crippen molar-refractivity contribution in [2.75, 3.05) is 49.3 Å². The molecule has 2 aromatic heterocycles. The van der Waals surface area contributed by atoms with Crippen LogP contribution in [0, 0.1) is 30.4 Å². The fraction of sp³-hybridized carbons (Fsp3) is 0.455. The molecule has 49 heavy (non-hydrogen) atoms. The molecule has 16 heteroatoms. The van der Waals surface area contributed by atoms with Crippen LogP contribution in [0.3, 0.4) is 0 Å². The number of nitrogens with one attached hydrogen (secondary N) is 1. The molecule has 2 unspecified atom stereocenters. The number of fused-ring (bicyclic) bond motifs is 3. The molecule has 0 bridgehead atoms. The van der Waals surface area contributed by atoms with E-state index in [9.17, 15) is 27.2 Å². The number of nitrogen functional groups attached to an aromatic ring is 1. The largest absolute Gasteiger partial charge is 1.00 e. The van der Waals surface area contributed by atoms with E-state index < -0.39 is 40.6 Å². The van der Waals surface area contributed by atoms with Gasteiger partial charge >= 0.3 is 81.1 Å². The summed E-state index contributed by atoms with van der Waals surface area (Å²) in [6.07, 6.45) is 0.742. The molecule has 0 amide bonds. The third-order valence-corrected chi connectivity index (χ3v) is 10.4. The van der Waals surface area contributed by atoms with Gasteiger partial charge < -0.3 is 23.2 Å². The van der Waals surface area contributed by atoms with Crippen molar-refractivity contribution in [1.29, 1.82) is 5.26 Å². The van der Waals surface area contributed by atoms with Gasteiger partial charge in [0, 0.05) is 35.5 Å². The molecule has 2 aromatic carbocycles. The van der Waals surface area contributed by atoms with Crippen LogP contribution in [0.15, 0.2) is 18.2 Å². The Labute approximate surface area is 349 Å². The number of halogens is 6. The van der Waals surface area contributed by atoms with Gasteiger partial charge in [-0.2, -0.15) is 40.2 Å². The van der Waals surface area contributed by atoms with Crippen molar-refractivity contribution in [3.8, 4) is 23.2 Å². The smallest absolute Gasteiger partial charge is 0.467 e. The molecule has 4 aromatic rings. The van der Waals surface area contributed by atoms with Crippen LogP contribution in [-0.2, 0) is 6.18 Å². The summed E-state index contributed by atoms with van der Waals surface area (Å²) in [6.45, 7) is 3.84. The van der Waals surface area contributed by atoms with E-state index >= 15 is 4.39 Å². The molecule has 3 N–H and O–H groups in total. The molecule has 0 saturated carbocycles. The fourth-order valence-corrected chi connectivity index (χ4v) is 8.10. The first-order valence-corrected chi connectivity index (χ1v) is 17.2. The monoisotopic (exact) mass is 844 g/mol. The number of nitriles is 1. The minimum atomic E-state index is -5.00. The van der Waals surface area contributed by atoms with Crippen molar-refractivity contribution in [3.63, 3.8) is 0 Å². The zero-order valence-electron chi connectivity index (χ0n) is 27.8. The Hall–Kier alpha value is -1.43. The average molecular weight is 845 g/mol. The molecule has 7 nitrogen and oxygen atoms in total. The molecule has 3 fully saturated rings. The molecule has 2 atom stereocenters. The van der Waals surface area contributed by atoms with E-state index in [1.54, 1.807) is 13.0 Å². The van der Waals surface area contributed by atoms with E-state index in [1.165, 1.54) is 44.3 Å². The van der Waals surface area contributed by atoms with Crippen molar-refractivity contribution in [3.05, 3.63) is 48.4 Å². The number of hydrogen-bond acceptors (Lipinski definition) is 9. The summed E-state index contributed by atoms with van der Waals surface area (Å²) >= 11 is 2.77. The van der Waals surface area contributed by atoms with Gasteiger partial charge in [0.1, 0.15) is 34.4 Å². The quantitative estimate of drug-likeness (QED) is 0.195. The summed E-state index contributed by atoms with van der Waals surface area (Å²) < 4.78 is 90.2. The van der Waals surface area contributed by atoms with Gasteiger partial charge in [-0.25, -0.2) is 13.2 Å². The molecule has 5 heterocycles. The van der Waals surface area contributed by atoms with E-state index in [2.05, 4.69) is 31.9 Å². The maximum Gasteiger partial charge on any atom is 1.00 e. The number of thioether (sulfide) groups is 1. The number of anilines is 2. The third-order valence-electron chi connectivity index (χ3n) is 8.23. The SMILES string of the molecule is C1CCSC1.CCNc1nc(OC)nc2c(F)c(-c3ccc(F)c4sc(N)c(C#N)c34)c(C(F)(F)F)cc12.FC1CC2CCCN2C1.[CH3-].[Cs+]. The second-order valence-corrected chi connectivity index (χ2v) is 13.6. The number of nitrogens with zero attached hydrogens (tertiary/aromatic N) is 4. The summed E-state index contributed by atoms with van der Waals surface area (Å²) in [7, 11) is 1.23. The summed E-state index contributed by atoms with van der Waals surface area (Å²) in [5, 5.41) is 11.8. The minimum absolute atomic E-state index is 0. The Morgan fingerprint density at radius 1 is 1.16 bits per heavy atom. The number of benzene rings is 2. The summed E-state index contributed by atoms with van der Waals surface area (Å²) in [4.78, 5) is 10.2. The fourth-order valence-electron chi connectivity index (χ4n) is 6.13. The summed E-state index contributed by atoms with van der Waals surface area (Å²) in [5.41, 5.74) is 2.59. The van der Waals surface area contributed by atoms with E-state index in [0.717, 1.165) is 31.2 Å². The molecular formula is C33H37CsF6N6OS2. The van der Waals surface area contributed by atoms with Crippen LogP contribution in [-0.4, -0.2) is 65.3 Å². The Kier molecular flexibility index (Phi) is 15.7. The molecular weight excluding hydrogens is 807 g/mol. The second kappa shape index (κ2) is 18.4. The van der Waals surface area contributed by atoms with E-state index in [0.29, 0.717) is 23.9 Å². The van der Waals surface area contributed by atoms with Gasteiger partial charge in [-0.3, -0.25) is 4.90 Å². The second-order valence-electron chi connectivity index (χ2n) is 11.3. The van der Waals surface area contributed by atoms with Gasteiger partial charge in [0.05, 0.1) is 22.9 Å². The molecule has 3 aliphatic rings. The number of nitrogens with two attached hydrogens (primary N) is 1. The normalized spacial score (nSPS) is 18.3. The van der Waals surface area contributed by atoms with Gasteiger partial charge in [-0.1, -0.05) is 6.07 Å². The summed E-state index contributed by atoms with van der Waals surface area (Å²) in [5.74, 6) is 0.679. The predicted molar refractivity (Wildman–Crippen MR) is 182 cm³/mol. The Morgan fingerprint density at radius 2 is 1.88 bits per heavy atom. The maximum absolute atomic E-state index is 15.9. The zero-order chi connectivity index (χ0) is 33.9. The zero-order valence-corrected chi connectivity index (χ0v) is 35.7. The molecule has 7 rings (SSSR count). The molecule has 260 valence electrons. The van der Waals surface area contributed by atoms with Gasteiger partial charge in [0.15, 0.2) is 5.82 Å². The van der Waals surface area contributed by atoms with Gasteiger partial charge in [0.25, 0.3) is 0 Å². The Morgan fingerprint density at radius 3 is 2.45 bits per heavy atom.